The molecule has 4 N–H and O–H groups in total. The Bertz CT molecular complexity index is 223. The van der Waals surface area contributed by atoms with Gasteiger partial charge in [0.2, 0.25) is 0 Å². The van der Waals surface area contributed by atoms with Crippen molar-refractivity contribution in [2.45, 2.75) is 6.92 Å². The zero-order chi connectivity index (χ0) is 6.85. The van der Waals surface area contributed by atoms with Gasteiger partial charge < -0.3 is 11.5 Å². The average molecular weight is 210 g/mol. The predicted molar refractivity (Wildman–Crippen MR) is 38.8 cm³/mol. The number of hydrogen-bond acceptors (Lipinski definition) is 2. The van der Waals surface area contributed by atoms with E-state index in [4.69, 9.17) is 11.5 Å². The SMILES string of the molecule is Cc1[c-]cc(N)c(N)c1.[Y]. The molecule has 0 saturated carbocycles. The molecule has 0 amide bonds. The first kappa shape index (κ1) is 9.92. The van der Waals surface area contributed by atoms with E-state index in [-0.39, 0.29) is 32.7 Å². The van der Waals surface area contributed by atoms with E-state index in [1.165, 1.54) is 0 Å². The molecule has 1 rings (SSSR count). The molecule has 0 heterocycles. The number of benzene rings is 1. The Morgan fingerprint density at radius 1 is 1.30 bits per heavy atom. The summed E-state index contributed by atoms with van der Waals surface area (Å²) in [6.45, 7) is 1.93. The zero-order valence-electron chi connectivity index (χ0n) is 5.89. The molecule has 0 aliphatic rings. The second-order valence-corrected chi connectivity index (χ2v) is 2.03. The molecule has 1 aromatic carbocycles. The number of rotatable bonds is 0. The number of hydrogen-bond donors (Lipinski definition) is 2. The first-order chi connectivity index (χ1) is 4.20. The Morgan fingerprint density at radius 3 is 2.30 bits per heavy atom. The van der Waals surface area contributed by atoms with Crippen LogP contribution in [0.1, 0.15) is 5.56 Å². The van der Waals surface area contributed by atoms with E-state index >= 15 is 0 Å². The molecule has 0 unspecified atom stereocenters. The summed E-state index contributed by atoms with van der Waals surface area (Å²) in [4.78, 5) is 0. The minimum atomic E-state index is 0. The van der Waals surface area contributed by atoms with Gasteiger partial charge in [-0.1, -0.05) is 18.3 Å². The average Bonchev–Trinajstić information content (AvgIpc) is 1.80. The normalized spacial score (nSPS) is 8.50. The van der Waals surface area contributed by atoms with Crippen LogP contribution in [0, 0.1) is 13.0 Å². The van der Waals surface area contributed by atoms with Crippen molar-refractivity contribution in [3.05, 3.63) is 23.8 Å². The maximum Gasteiger partial charge on any atom is 0 e. The van der Waals surface area contributed by atoms with Crippen molar-refractivity contribution in [2.75, 3.05) is 11.5 Å². The van der Waals surface area contributed by atoms with Crippen molar-refractivity contribution < 1.29 is 32.7 Å². The van der Waals surface area contributed by atoms with Crippen LogP contribution in [0.4, 0.5) is 11.4 Å². The molecule has 1 aromatic rings. The molecule has 0 fully saturated rings. The molecule has 10 heavy (non-hydrogen) atoms. The summed E-state index contributed by atoms with van der Waals surface area (Å²) >= 11 is 0. The number of nitrogen functional groups attached to an aromatic ring is 2. The maximum absolute atomic E-state index is 5.48. The molecule has 0 aliphatic carbocycles. The van der Waals surface area contributed by atoms with Crippen LogP contribution in [0.3, 0.4) is 0 Å². The molecule has 1 radical (unpaired) electrons. The molecule has 0 bridgehead atoms. The topological polar surface area (TPSA) is 52.0 Å². The molecular weight excluding hydrogens is 201 g/mol. The quantitative estimate of drug-likeness (QED) is 0.495. The molecular formula is C7H9N2Y-. The molecule has 0 atom stereocenters. The summed E-state index contributed by atoms with van der Waals surface area (Å²) in [6, 6.07) is 6.42. The maximum atomic E-state index is 5.48. The molecule has 3 heteroatoms. The monoisotopic (exact) mass is 210 g/mol. The number of anilines is 2. The third kappa shape index (κ3) is 2.27. The molecule has 51 valence electrons. The van der Waals surface area contributed by atoms with Gasteiger partial charge in [-0.05, 0) is 0 Å². The second-order valence-electron chi connectivity index (χ2n) is 2.03. The minimum absolute atomic E-state index is 0. The van der Waals surface area contributed by atoms with Crippen LogP contribution in [0.2, 0.25) is 0 Å². The summed E-state index contributed by atoms with van der Waals surface area (Å²) in [5.74, 6) is 0. The van der Waals surface area contributed by atoms with E-state index in [2.05, 4.69) is 6.07 Å². The van der Waals surface area contributed by atoms with Crippen LogP contribution in [0.15, 0.2) is 12.1 Å². The van der Waals surface area contributed by atoms with Crippen molar-refractivity contribution in [1.82, 2.24) is 0 Å². The second kappa shape index (κ2) is 3.94. The van der Waals surface area contributed by atoms with E-state index in [0.29, 0.717) is 11.4 Å². The molecule has 2 nitrogen and oxygen atoms in total. The van der Waals surface area contributed by atoms with E-state index in [1.54, 1.807) is 12.1 Å². The van der Waals surface area contributed by atoms with Crippen LogP contribution in [0.25, 0.3) is 0 Å². The van der Waals surface area contributed by atoms with E-state index in [1.807, 2.05) is 6.92 Å². The van der Waals surface area contributed by atoms with Gasteiger partial charge in [0, 0.05) is 32.7 Å². The summed E-state index contributed by atoms with van der Waals surface area (Å²) in [7, 11) is 0. The number of aryl methyl sites for hydroxylation is 1. The molecule has 0 aromatic heterocycles. The van der Waals surface area contributed by atoms with Crippen LogP contribution < -0.4 is 11.5 Å². The van der Waals surface area contributed by atoms with Gasteiger partial charge in [0.05, 0.1) is 0 Å². The van der Waals surface area contributed by atoms with Crippen molar-refractivity contribution in [2.24, 2.45) is 0 Å². The fraction of sp³-hybridized carbons (Fsp3) is 0.143. The van der Waals surface area contributed by atoms with Crippen LogP contribution in [-0.4, -0.2) is 0 Å². The summed E-state index contributed by atoms with van der Waals surface area (Å²) in [5, 5.41) is 0. The summed E-state index contributed by atoms with van der Waals surface area (Å²) < 4.78 is 0. The van der Waals surface area contributed by atoms with Crippen molar-refractivity contribution in [3.8, 4) is 0 Å². The minimum Gasteiger partial charge on any atom is -0.448 e. The van der Waals surface area contributed by atoms with Crippen LogP contribution in [-0.2, 0) is 32.7 Å². The van der Waals surface area contributed by atoms with Gasteiger partial charge >= 0.3 is 0 Å². The summed E-state index contributed by atoms with van der Waals surface area (Å²) in [5.41, 5.74) is 13.2. The Hall–Kier alpha value is -0.0761. The third-order valence-electron chi connectivity index (χ3n) is 1.16. The third-order valence-corrected chi connectivity index (χ3v) is 1.16. The van der Waals surface area contributed by atoms with E-state index in [0.717, 1.165) is 5.56 Å². The first-order valence-corrected chi connectivity index (χ1v) is 2.73. The standard InChI is InChI=1S/C7H9N2.Y/c1-5-2-3-6(8)7(9)4-5;/h3-4H,8-9H2,1H3;/q-1;. The van der Waals surface area contributed by atoms with Crippen LogP contribution in [0.5, 0.6) is 0 Å². The van der Waals surface area contributed by atoms with E-state index in [9.17, 15) is 0 Å². The van der Waals surface area contributed by atoms with Gasteiger partial charge in [0.1, 0.15) is 0 Å². The predicted octanol–water partition coefficient (Wildman–Crippen LogP) is 0.957. The fourth-order valence-electron chi connectivity index (χ4n) is 0.633. The molecule has 0 saturated heterocycles. The molecule has 0 aliphatic heterocycles. The summed E-state index contributed by atoms with van der Waals surface area (Å²) in [6.07, 6.45) is 0. The van der Waals surface area contributed by atoms with Crippen molar-refractivity contribution in [1.29, 1.82) is 0 Å². The van der Waals surface area contributed by atoms with Crippen molar-refractivity contribution >= 4 is 11.4 Å². The zero-order valence-corrected chi connectivity index (χ0v) is 8.73. The van der Waals surface area contributed by atoms with Gasteiger partial charge in [0.15, 0.2) is 0 Å². The Kier molecular flexibility index (Phi) is 3.91. The van der Waals surface area contributed by atoms with Crippen LogP contribution >= 0.6 is 0 Å². The Labute approximate surface area is 85.9 Å². The molecule has 0 spiro atoms. The largest absolute Gasteiger partial charge is 0.448 e. The first-order valence-electron chi connectivity index (χ1n) is 2.73. The van der Waals surface area contributed by atoms with Gasteiger partial charge in [-0.3, -0.25) is 0 Å². The fourth-order valence-corrected chi connectivity index (χ4v) is 0.633. The Balaban J connectivity index is 0.000000810. The van der Waals surface area contributed by atoms with E-state index < -0.39 is 0 Å². The van der Waals surface area contributed by atoms with Crippen molar-refractivity contribution in [3.63, 3.8) is 0 Å². The van der Waals surface area contributed by atoms with Gasteiger partial charge in [-0.2, -0.15) is 17.7 Å². The Morgan fingerprint density at radius 2 is 1.90 bits per heavy atom. The van der Waals surface area contributed by atoms with Gasteiger partial charge in [0.25, 0.3) is 0 Å². The van der Waals surface area contributed by atoms with Gasteiger partial charge in [-0.15, -0.1) is 6.07 Å². The van der Waals surface area contributed by atoms with Gasteiger partial charge in [-0.25, -0.2) is 0 Å². The smallest absolute Gasteiger partial charge is 0 e. The number of nitrogens with two attached hydrogens (primary N) is 2.